The molecular weight excluding hydrogens is 324 g/mol. The van der Waals surface area contributed by atoms with E-state index < -0.39 is 0 Å². The van der Waals surface area contributed by atoms with Crippen LogP contribution in [0, 0.1) is 0 Å². The molecule has 1 heterocycles. The van der Waals surface area contributed by atoms with E-state index in [9.17, 15) is 9.90 Å². The Balaban J connectivity index is 1.57. The molecule has 0 bridgehead atoms. The van der Waals surface area contributed by atoms with E-state index in [0.717, 1.165) is 18.4 Å². The van der Waals surface area contributed by atoms with E-state index in [0.29, 0.717) is 22.8 Å². The summed E-state index contributed by atoms with van der Waals surface area (Å²) in [5.41, 5.74) is 0.876. The first kappa shape index (κ1) is 16.8. The fourth-order valence-electron chi connectivity index (χ4n) is 2.95. The van der Waals surface area contributed by atoms with Gasteiger partial charge in [-0.2, -0.15) is 0 Å². The van der Waals surface area contributed by atoms with Crippen LogP contribution in [0.5, 0.6) is 5.75 Å². The average Bonchev–Trinajstić information content (AvgIpc) is 2.95. The third kappa shape index (κ3) is 4.08. The molecule has 1 aromatic heterocycles. The highest BCUT2D eigenvalue weighted by molar-refractivity contribution is 7.99. The van der Waals surface area contributed by atoms with Gasteiger partial charge in [-0.15, -0.1) is 10.2 Å². The number of nitrogens with zero attached hydrogens (tertiary/aromatic N) is 3. The third-order valence-corrected chi connectivity index (χ3v) is 5.28. The van der Waals surface area contributed by atoms with Crippen LogP contribution in [0.3, 0.4) is 0 Å². The molecule has 2 N–H and O–H groups in total. The highest BCUT2D eigenvalue weighted by atomic mass is 32.2. The number of rotatable bonds is 5. The second-order valence-electron chi connectivity index (χ2n) is 6.10. The van der Waals surface area contributed by atoms with Crippen molar-refractivity contribution in [3.05, 3.63) is 24.3 Å². The molecule has 0 unspecified atom stereocenters. The largest absolute Gasteiger partial charge is 0.508 e. The van der Waals surface area contributed by atoms with Crippen molar-refractivity contribution in [3.8, 4) is 17.1 Å². The minimum atomic E-state index is 0.0566. The molecule has 1 fully saturated rings. The predicted octanol–water partition coefficient (Wildman–Crippen LogP) is 2.73. The second kappa shape index (κ2) is 7.70. The van der Waals surface area contributed by atoms with Gasteiger partial charge in [-0.25, -0.2) is 0 Å². The zero-order valence-electron chi connectivity index (χ0n) is 13.7. The minimum absolute atomic E-state index is 0.0566. The Hall–Kier alpha value is -2.02. The standard InChI is InChI=1S/C17H22N4O2S/c1-21-16(12-7-9-14(22)10-8-12)19-20-17(21)24-11-15(23)18-13-5-3-2-4-6-13/h7-10,13,22H,2-6,11H2,1H3,(H,18,23). The number of phenols is 1. The number of aromatic hydroxyl groups is 1. The van der Waals surface area contributed by atoms with Crippen molar-refractivity contribution < 1.29 is 9.90 Å². The van der Waals surface area contributed by atoms with E-state index in [4.69, 9.17) is 0 Å². The molecule has 1 amide bonds. The number of carbonyl (C=O) groups excluding carboxylic acids is 1. The SMILES string of the molecule is Cn1c(SCC(=O)NC2CCCCC2)nnc1-c1ccc(O)cc1. The fraction of sp³-hybridized carbons (Fsp3) is 0.471. The zero-order chi connectivity index (χ0) is 16.9. The molecule has 6 nitrogen and oxygen atoms in total. The normalized spacial score (nSPS) is 15.4. The van der Waals surface area contributed by atoms with E-state index in [1.165, 1.54) is 31.0 Å². The number of benzene rings is 1. The van der Waals surface area contributed by atoms with E-state index in [2.05, 4.69) is 15.5 Å². The lowest BCUT2D eigenvalue weighted by Crippen LogP contribution is -2.37. The molecule has 24 heavy (non-hydrogen) atoms. The summed E-state index contributed by atoms with van der Waals surface area (Å²) in [7, 11) is 1.88. The molecule has 0 saturated heterocycles. The van der Waals surface area contributed by atoms with Crippen molar-refractivity contribution >= 4 is 17.7 Å². The molecule has 1 aromatic carbocycles. The smallest absolute Gasteiger partial charge is 0.230 e. The number of hydrogen-bond donors (Lipinski definition) is 2. The Morgan fingerprint density at radius 3 is 2.67 bits per heavy atom. The fourth-order valence-corrected chi connectivity index (χ4v) is 3.67. The van der Waals surface area contributed by atoms with E-state index in [1.807, 2.05) is 11.6 Å². The molecule has 128 valence electrons. The number of nitrogens with one attached hydrogen (secondary N) is 1. The number of amides is 1. The van der Waals surface area contributed by atoms with E-state index in [-0.39, 0.29) is 11.7 Å². The maximum atomic E-state index is 12.1. The quantitative estimate of drug-likeness (QED) is 0.814. The van der Waals surface area contributed by atoms with Crippen LogP contribution in [-0.2, 0) is 11.8 Å². The summed E-state index contributed by atoms with van der Waals surface area (Å²) in [6.07, 6.45) is 5.87. The van der Waals surface area contributed by atoms with Gasteiger partial charge in [0.05, 0.1) is 5.75 Å². The number of aromatic nitrogens is 3. The minimum Gasteiger partial charge on any atom is -0.508 e. The van der Waals surface area contributed by atoms with E-state index >= 15 is 0 Å². The lowest BCUT2D eigenvalue weighted by Gasteiger charge is -2.22. The van der Waals surface area contributed by atoms with Gasteiger partial charge in [-0.05, 0) is 37.1 Å². The monoisotopic (exact) mass is 346 g/mol. The van der Waals surface area contributed by atoms with Crippen molar-refractivity contribution in [3.63, 3.8) is 0 Å². The first-order chi connectivity index (χ1) is 11.6. The topological polar surface area (TPSA) is 80.0 Å². The summed E-state index contributed by atoms with van der Waals surface area (Å²) in [6.45, 7) is 0. The summed E-state index contributed by atoms with van der Waals surface area (Å²) >= 11 is 1.39. The molecule has 2 aromatic rings. The van der Waals surface area contributed by atoms with Gasteiger partial charge in [0.15, 0.2) is 11.0 Å². The molecule has 1 aliphatic rings. The Morgan fingerprint density at radius 2 is 1.96 bits per heavy atom. The van der Waals surface area contributed by atoms with Crippen LogP contribution in [0.2, 0.25) is 0 Å². The second-order valence-corrected chi connectivity index (χ2v) is 7.05. The van der Waals surface area contributed by atoms with Gasteiger partial charge in [0.2, 0.25) is 5.91 Å². The Bertz CT molecular complexity index is 693. The summed E-state index contributed by atoms with van der Waals surface area (Å²) in [6, 6.07) is 7.16. The van der Waals surface area contributed by atoms with Crippen molar-refractivity contribution in [2.45, 2.75) is 43.3 Å². The first-order valence-electron chi connectivity index (χ1n) is 8.24. The maximum absolute atomic E-state index is 12.1. The maximum Gasteiger partial charge on any atom is 0.230 e. The van der Waals surface area contributed by atoms with Crippen LogP contribution in [0.1, 0.15) is 32.1 Å². The van der Waals surface area contributed by atoms with Crippen LogP contribution >= 0.6 is 11.8 Å². The molecule has 1 saturated carbocycles. The van der Waals surface area contributed by atoms with Crippen molar-refractivity contribution in [2.75, 3.05) is 5.75 Å². The third-order valence-electron chi connectivity index (χ3n) is 4.26. The Morgan fingerprint density at radius 1 is 1.25 bits per heavy atom. The summed E-state index contributed by atoms with van der Waals surface area (Å²) in [4.78, 5) is 12.1. The summed E-state index contributed by atoms with van der Waals surface area (Å²) < 4.78 is 1.87. The van der Waals surface area contributed by atoms with Gasteiger partial charge in [0.25, 0.3) is 0 Å². The number of thioether (sulfide) groups is 1. The lowest BCUT2D eigenvalue weighted by molar-refractivity contribution is -0.119. The summed E-state index contributed by atoms with van der Waals surface area (Å²) in [5, 5.41) is 21.5. The molecule has 1 aliphatic carbocycles. The van der Waals surface area contributed by atoms with Crippen LogP contribution in [0.15, 0.2) is 29.4 Å². The average molecular weight is 346 g/mol. The van der Waals surface area contributed by atoms with Gasteiger partial charge in [-0.1, -0.05) is 31.0 Å². The van der Waals surface area contributed by atoms with Crippen LogP contribution < -0.4 is 5.32 Å². The number of carbonyl (C=O) groups is 1. The van der Waals surface area contributed by atoms with Crippen molar-refractivity contribution in [1.29, 1.82) is 0 Å². The number of phenolic OH excluding ortho intramolecular Hbond substituents is 1. The molecule has 7 heteroatoms. The van der Waals surface area contributed by atoms with Crippen LogP contribution in [0.4, 0.5) is 0 Å². The number of hydrogen-bond acceptors (Lipinski definition) is 5. The lowest BCUT2D eigenvalue weighted by atomic mass is 9.95. The molecular formula is C17H22N4O2S. The molecule has 0 aliphatic heterocycles. The predicted molar refractivity (Wildman–Crippen MR) is 93.8 cm³/mol. The van der Waals surface area contributed by atoms with Crippen LogP contribution in [-0.4, -0.2) is 37.6 Å². The van der Waals surface area contributed by atoms with Gasteiger partial charge >= 0.3 is 0 Å². The van der Waals surface area contributed by atoms with E-state index in [1.54, 1.807) is 24.3 Å². The zero-order valence-corrected chi connectivity index (χ0v) is 14.6. The van der Waals surface area contributed by atoms with Gasteiger partial charge < -0.3 is 15.0 Å². The Labute approximate surface area is 145 Å². The molecule has 3 rings (SSSR count). The van der Waals surface area contributed by atoms with Gasteiger partial charge in [0, 0.05) is 18.7 Å². The van der Waals surface area contributed by atoms with Crippen molar-refractivity contribution in [1.82, 2.24) is 20.1 Å². The molecule has 0 atom stereocenters. The van der Waals surface area contributed by atoms with Crippen LogP contribution in [0.25, 0.3) is 11.4 Å². The van der Waals surface area contributed by atoms with Gasteiger partial charge in [-0.3, -0.25) is 4.79 Å². The van der Waals surface area contributed by atoms with Crippen molar-refractivity contribution in [2.24, 2.45) is 7.05 Å². The first-order valence-corrected chi connectivity index (χ1v) is 9.23. The summed E-state index contributed by atoms with van der Waals surface area (Å²) in [5.74, 6) is 1.33. The Kier molecular flexibility index (Phi) is 5.40. The highest BCUT2D eigenvalue weighted by Gasteiger charge is 2.17. The molecule has 0 spiro atoms. The molecule has 0 radical (unpaired) electrons. The highest BCUT2D eigenvalue weighted by Crippen LogP contribution is 2.24. The van der Waals surface area contributed by atoms with Gasteiger partial charge in [0.1, 0.15) is 5.75 Å².